The molecule has 0 saturated heterocycles. The van der Waals surface area contributed by atoms with Crippen molar-refractivity contribution in [1.82, 2.24) is 0 Å². The van der Waals surface area contributed by atoms with Gasteiger partial charge < -0.3 is 0 Å². The third-order valence-electron chi connectivity index (χ3n) is 4.99. The molecule has 0 radical (unpaired) electrons. The molecule has 0 N–H and O–H groups in total. The molecule has 0 amide bonds. The van der Waals surface area contributed by atoms with Gasteiger partial charge in [0, 0.05) is 0 Å². The monoisotopic (exact) mass is 462 g/mol. The molecule has 2 aromatic rings. The Morgan fingerprint density at radius 2 is 1.14 bits per heavy atom. The van der Waals surface area contributed by atoms with E-state index in [-0.39, 0.29) is 0 Å². The van der Waals surface area contributed by atoms with Gasteiger partial charge in [-0.25, -0.2) is 0 Å². The first-order valence-electron chi connectivity index (χ1n) is 9.45. The Labute approximate surface area is 175 Å². The molecule has 4 nitrogen and oxygen atoms in total. The molecule has 0 heterocycles. The van der Waals surface area contributed by atoms with Crippen LogP contribution in [0.1, 0.15) is 33.6 Å². The van der Waals surface area contributed by atoms with Crippen molar-refractivity contribution in [2.45, 2.75) is 12.8 Å². The summed E-state index contributed by atoms with van der Waals surface area (Å²) in [6, 6.07) is 14.4. The molecule has 0 saturated carbocycles. The predicted octanol–water partition coefficient (Wildman–Crippen LogP) is 5.44. The van der Waals surface area contributed by atoms with E-state index >= 15 is 0 Å². The summed E-state index contributed by atoms with van der Waals surface area (Å²) in [5.74, 6) is 1.03. The molecule has 2 aliphatic rings. The second kappa shape index (κ2) is 8.71. The molecule has 0 bridgehead atoms. The minimum atomic E-state index is -4.23. The maximum atomic E-state index is 11.6. The van der Waals surface area contributed by atoms with Crippen molar-refractivity contribution >= 4 is 12.6 Å². The molecule has 0 aliphatic heterocycles. The second-order valence-corrected chi connectivity index (χ2v) is 14.0. The number of hydrogen-bond donors (Lipinski definition) is 0. The molecule has 0 atom stereocenters. The topological polar surface area (TPSA) is 52.6 Å². The van der Waals surface area contributed by atoms with Crippen LogP contribution in [0.3, 0.4) is 0 Å². The van der Waals surface area contributed by atoms with E-state index in [4.69, 9.17) is 5.63 Å². The van der Waals surface area contributed by atoms with Gasteiger partial charge in [0.15, 0.2) is 0 Å². The van der Waals surface area contributed by atoms with Crippen LogP contribution in [0, 0.1) is 0 Å². The molecule has 5 heteroatoms. The number of benzene rings is 2. The fraction of sp³-hybridized carbons (Fsp3) is 0.0833. The Morgan fingerprint density at radius 3 is 1.52 bits per heavy atom. The van der Waals surface area contributed by atoms with Crippen LogP contribution in [0.25, 0.3) is 0 Å². The van der Waals surface area contributed by atoms with E-state index in [0.29, 0.717) is 22.6 Å². The van der Waals surface area contributed by atoms with Gasteiger partial charge in [-0.2, -0.15) is 0 Å². The summed E-state index contributed by atoms with van der Waals surface area (Å²) in [5.41, 5.74) is 0.970. The molecule has 4 rings (SSSR count). The zero-order chi connectivity index (χ0) is 20.1. The first-order chi connectivity index (χ1) is 14.3. The van der Waals surface area contributed by atoms with Crippen LogP contribution in [0.4, 0.5) is 0 Å². The Bertz CT molecular complexity index is 977. The van der Waals surface area contributed by atoms with Gasteiger partial charge in [0.05, 0.1) is 0 Å². The molecule has 0 unspecified atom stereocenters. The maximum absolute atomic E-state index is 11.6. The van der Waals surface area contributed by atoms with Crippen molar-refractivity contribution in [3.8, 4) is 11.5 Å². The van der Waals surface area contributed by atoms with E-state index in [9.17, 15) is 9.59 Å². The Kier molecular flexibility index (Phi) is 5.87. The van der Waals surface area contributed by atoms with Gasteiger partial charge in [-0.1, -0.05) is 0 Å². The molecule has 0 fully saturated rings. The van der Waals surface area contributed by atoms with Crippen molar-refractivity contribution in [2.24, 2.45) is 0 Å². The van der Waals surface area contributed by atoms with Crippen LogP contribution in [-0.4, -0.2) is 12.6 Å². The zero-order valence-electron chi connectivity index (χ0n) is 15.8. The molecule has 0 aromatic heterocycles. The molecule has 2 aromatic carbocycles. The van der Waals surface area contributed by atoms with Gasteiger partial charge in [0.2, 0.25) is 0 Å². The number of para-hydroxylation sites is 2. The number of rotatable bonds is 8. The van der Waals surface area contributed by atoms with Gasteiger partial charge >= 0.3 is 176 Å². The van der Waals surface area contributed by atoms with Gasteiger partial charge in [0.25, 0.3) is 0 Å². The third kappa shape index (κ3) is 3.88. The summed E-state index contributed by atoms with van der Waals surface area (Å²) in [4.78, 5) is 23.2. The number of allylic oxidation sites excluding steroid dienone is 8. The summed E-state index contributed by atoms with van der Waals surface area (Å²) in [6.45, 7) is 0. The van der Waals surface area contributed by atoms with Crippen LogP contribution in [-0.2, 0) is 21.1 Å². The Morgan fingerprint density at radius 1 is 0.690 bits per heavy atom. The van der Waals surface area contributed by atoms with Crippen LogP contribution in [0.5, 0.6) is 11.5 Å². The van der Waals surface area contributed by atoms with E-state index < -0.39 is 21.1 Å². The molecule has 144 valence electrons. The summed E-state index contributed by atoms with van der Waals surface area (Å²) < 4.78 is 15.7. The number of hydrogen-bond acceptors (Lipinski definition) is 4. The molecule has 0 spiro atoms. The van der Waals surface area contributed by atoms with Gasteiger partial charge in [0.1, 0.15) is 0 Å². The predicted molar refractivity (Wildman–Crippen MR) is 109 cm³/mol. The van der Waals surface area contributed by atoms with Gasteiger partial charge in [-0.05, 0) is 0 Å². The van der Waals surface area contributed by atoms with E-state index in [2.05, 4.69) is 24.3 Å². The van der Waals surface area contributed by atoms with Gasteiger partial charge in [-0.15, -0.1) is 0 Å². The quantitative estimate of drug-likeness (QED) is 0.489. The first kappa shape index (κ1) is 19.5. The van der Waals surface area contributed by atoms with E-state index in [0.717, 1.165) is 32.0 Å². The number of carbonyl (C=O) groups excluding carboxylic acids is 2. The standard InChI is InChI=1S/2C7H6O2.2C5H5.Zr/c2*8-5-6-3-1-2-4-7(6)9;2*1-2-4-5-3-1;/h2*1-5,9H;2*1-3H,4H2;/q;;;;+2/p-2. The number of carbonyl (C=O) groups is 2. The third-order valence-corrected chi connectivity index (χ3v) is 13.5. The fourth-order valence-electron chi connectivity index (χ4n) is 3.52. The van der Waals surface area contributed by atoms with E-state index in [1.165, 1.54) is 0 Å². The van der Waals surface area contributed by atoms with Crippen molar-refractivity contribution < 1.29 is 36.4 Å². The summed E-state index contributed by atoms with van der Waals surface area (Å²) in [5, 5.41) is 0. The van der Waals surface area contributed by atoms with Crippen molar-refractivity contribution in [2.75, 3.05) is 0 Å². The average molecular weight is 464 g/mol. The summed E-state index contributed by atoms with van der Waals surface area (Å²) in [6.07, 6.45) is 15.4. The Balaban J connectivity index is 1.86. The first-order valence-corrected chi connectivity index (χ1v) is 13.9. The normalized spacial score (nSPS) is 15.0. The van der Waals surface area contributed by atoms with Crippen LogP contribution < -0.4 is 5.63 Å². The summed E-state index contributed by atoms with van der Waals surface area (Å²) in [7, 11) is 0. The minimum absolute atomic E-state index is 0.485. The van der Waals surface area contributed by atoms with Crippen molar-refractivity contribution in [3.05, 3.63) is 103 Å². The zero-order valence-corrected chi connectivity index (χ0v) is 18.2. The SMILES string of the molecule is O=Cc1ccccc1[O][Zr]([O]c1ccccc1C=O)([C]1=CC=CC1)[C]1=CC=CC1. The average Bonchev–Trinajstić information content (AvgIpc) is 3.48. The molecule has 2 aliphatic carbocycles. The Hall–Kier alpha value is -2.78. The van der Waals surface area contributed by atoms with Gasteiger partial charge in [-0.3, -0.25) is 0 Å². The molecular weight excluding hydrogens is 443 g/mol. The summed E-state index contributed by atoms with van der Waals surface area (Å²) >= 11 is -4.23. The van der Waals surface area contributed by atoms with Crippen LogP contribution in [0.2, 0.25) is 0 Å². The van der Waals surface area contributed by atoms with Crippen LogP contribution >= 0.6 is 0 Å². The fourth-order valence-corrected chi connectivity index (χ4v) is 11.8. The van der Waals surface area contributed by atoms with Crippen molar-refractivity contribution in [3.63, 3.8) is 0 Å². The van der Waals surface area contributed by atoms with E-state index in [1.807, 2.05) is 36.4 Å². The van der Waals surface area contributed by atoms with E-state index in [1.54, 1.807) is 24.3 Å². The molecule has 29 heavy (non-hydrogen) atoms. The second-order valence-electron chi connectivity index (χ2n) is 6.78. The van der Waals surface area contributed by atoms with Crippen molar-refractivity contribution in [1.29, 1.82) is 0 Å². The van der Waals surface area contributed by atoms with Crippen LogP contribution in [0.15, 0.2) is 91.5 Å². The molecular formula is C24H20O4Zr. The number of aldehydes is 2.